The molecular weight excluding hydrogens is 494 g/mol. The van der Waals surface area contributed by atoms with Crippen LogP contribution in [0.5, 0.6) is 0 Å². The molecule has 12 heteroatoms. The van der Waals surface area contributed by atoms with Gasteiger partial charge in [0.1, 0.15) is 6.54 Å². The highest BCUT2D eigenvalue weighted by atomic mass is 35.5. The minimum absolute atomic E-state index is 0.0615. The smallest absolute Gasteiger partial charge is 0.325 e. The van der Waals surface area contributed by atoms with Crippen LogP contribution >= 0.6 is 34.7 Å². The second kappa shape index (κ2) is 10.6. The van der Waals surface area contributed by atoms with Crippen LogP contribution in [0, 0.1) is 0 Å². The fourth-order valence-electron chi connectivity index (χ4n) is 2.77. The van der Waals surface area contributed by atoms with E-state index in [1.807, 2.05) is 24.3 Å². The largest absolute Gasteiger partial charge is 0.468 e. The molecule has 0 radical (unpaired) electrons. The van der Waals surface area contributed by atoms with Crippen LogP contribution in [0.4, 0.5) is 0 Å². The lowest BCUT2D eigenvalue weighted by molar-refractivity contribution is -0.141. The Morgan fingerprint density at radius 2 is 1.94 bits per heavy atom. The van der Waals surface area contributed by atoms with Gasteiger partial charge in [-0.05, 0) is 54.6 Å². The average molecular weight is 514 g/mol. The van der Waals surface area contributed by atoms with Gasteiger partial charge in [0.2, 0.25) is 15.9 Å². The summed E-state index contributed by atoms with van der Waals surface area (Å²) < 4.78 is 30.1. The maximum absolute atomic E-state index is 12.4. The number of carbonyl (C=O) groups is 2. The summed E-state index contributed by atoms with van der Waals surface area (Å²) in [4.78, 5) is 29.8. The van der Waals surface area contributed by atoms with Gasteiger partial charge >= 0.3 is 5.97 Å². The number of primary sulfonamides is 1. The Bertz CT molecular complexity index is 1310. The van der Waals surface area contributed by atoms with E-state index in [0.717, 1.165) is 22.0 Å². The predicted molar refractivity (Wildman–Crippen MR) is 125 cm³/mol. The van der Waals surface area contributed by atoms with E-state index >= 15 is 0 Å². The Kier molecular flexibility index (Phi) is 8.12. The molecule has 0 bridgehead atoms. The van der Waals surface area contributed by atoms with Crippen molar-refractivity contribution in [1.29, 1.82) is 0 Å². The summed E-state index contributed by atoms with van der Waals surface area (Å²) >= 11 is 8.59. The number of thioether (sulfide) groups is 1. The molecule has 0 spiro atoms. The van der Waals surface area contributed by atoms with Crippen LogP contribution in [0.15, 0.2) is 57.2 Å². The molecule has 2 aromatic carbocycles. The lowest BCUT2D eigenvalue weighted by atomic mass is 10.3. The number of esters is 1. The SMILES string of the molecule is COC(=O)Cn1c(=NC(=O)CCCSc2ccc(Cl)cc2)sc2cc(S(N)(=O)=O)ccc21. The molecule has 0 atom stereocenters. The lowest BCUT2D eigenvalue weighted by Gasteiger charge is -2.04. The second-order valence-electron chi connectivity index (χ2n) is 6.63. The number of nitrogens with zero attached hydrogens (tertiary/aromatic N) is 2. The van der Waals surface area contributed by atoms with Crippen LogP contribution in [0.1, 0.15) is 12.8 Å². The molecule has 32 heavy (non-hydrogen) atoms. The van der Waals surface area contributed by atoms with E-state index in [4.69, 9.17) is 21.5 Å². The van der Waals surface area contributed by atoms with Gasteiger partial charge in [0.25, 0.3) is 0 Å². The van der Waals surface area contributed by atoms with Gasteiger partial charge in [-0.3, -0.25) is 9.59 Å². The number of thiazole rings is 1. The van der Waals surface area contributed by atoms with Crippen molar-refractivity contribution in [2.24, 2.45) is 10.1 Å². The fraction of sp³-hybridized carbons (Fsp3) is 0.250. The molecule has 1 aromatic heterocycles. The highest BCUT2D eigenvalue weighted by Gasteiger charge is 2.15. The Morgan fingerprint density at radius 1 is 1.22 bits per heavy atom. The third kappa shape index (κ3) is 6.42. The first-order valence-corrected chi connectivity index (χ1v) is 13.1. The molecule has 1 amide bonds. The molecule has 0 aliphatic carbocycles. The van der Waals surface area contributed by atoms with E-state index in [-0.39, 0.29) is 28.6 Å². The molecule has 1 heterocycles. The molecule has 3 aromatic rings. The second-order valence-corrected chi connectivity index (χ2v) is 10.8. The van der Waals surface area contributed by atoms with E-state index in [1.165, 1.54) is 29.9 Å². The highest BCUT2D eigenvalue weighted by Crippen LogP contribution is 2.23. The molecule has 0 saturated heterocycles. The minimum atomic E-state index is -3.89. The van der Waals surface area contributed by atoms with Gasteiger partial charge in [-0.2, -0.15) is 4.99 Å². The number of methoxy groups -OCH3 is 1. The average Bonchev–Trinajstić information content (AvgIpc) is 3.07. The Balaban J connectivity index is 1.79. The lowest BCUT2D eigenvalue weighted by Crippen LogP contribution is -2.22. The summed E-state index contributed by atoms with van der Waals surface area (Å²) in [6, 6.07) is 11.7. The molecule has 0 aliphatic heterocycles. The van der Waals surface area contributed by atoms with Crippen molar-refractivity contribution in [2.75, 3.05) is 12.9 Å². The molecule has 0 unspecified atom stereocenters. The van der Waals surface area contributed by atoms with Crippen molar-refractivity contribution in [3.63, 3.8) is 0 Å². The van der Waals surface area contributed by atoms with Crippen molar-refractivity contribution in [3.8, 4) is 0 Å². The zero-order chi connectivity index (χ0) is 23.3. The minimum Gasteiger partial charge on any atom is -0.468 e. The quantitative estimate of drug-likeness (QED) is 0.280. The van der Waals surface area contributed by atoms with Crippen molar-refractivity contribution >= 4 is 66.8 Å². The number of hydrogen-bond acceptors (Lipinski definition) is 7. The number of aromatic nitrogens is 1. The third-order valence-electron chi connectivity index (χ3n) is 4.34. The van der Waals surface area contributed by atoms with E-state index in [9.17, 15) is 18.0 Å². The Morgan fingerprint density at radius 3 is 2.59 bits per heavy atom. The number of sulfonamides is 1. The number of hydrogen-bond donors (Lipinski definition) is 1. The summed E-state index contributed by atoms with van der Waals surface area (Å²) in [7, 11) is -2.63. The van der Waals surface area contributed by atoms with Gasteiger partial charge in [-0.15, -0.1) is 11.8 Å². The molecule has 3 rings (SSSR count). The monoisotopic (exact) mass is 513 g/mol. The van der Waals surface area contributed by atoms with E-state index in [2.05, 4.69) is 4.99 Å². The van der Waals surface area contributed by atoms with Crippen molar-refractivity contribution in [2.45, 2.75) is 29.2 Å². The number of fused-ring (bicyclic) bond motifs is 1. The van der Waals surface area contributed by atoms with Crippen molar-refractivity contribution in [1.82, 2.24) is 4.57 Å². The molecule has 8 nitrogen and oxygen atoms in total. The molecular formula is C20H20ClN3O5S3. The summed E-state index contributed by atoms with van der Waals surface area (Å²) in [5, 5.41) is 5.87. The van der Waals surface area contributed by atoms with E-state index < -0.39 is 16.0 Å². The number of carbonyl (C=O) groups excluding carboxylic acids is 2. The normalized spacial score (nSPS) is 12.3. The van der Waals surface area contributed by atoms with Gasteiger partial charge in [0, 0.05) is 16.3 Å². The number of amides is 1. The Hall–Kier alpha value is -2.18. The molecule has 170 valence electrons. The summed E-state index contributed by atoms with van der Waals surface area (Å²) in [5.74, 6) is -0.123. The van der Waals surface area contributed by atoms with E-state index in [1.54, 1.807) is 11.8 Å². The summed E-state index contributed by atoms with van der Waals surface area (Å²) in [5.41, 5.74) is 0.553. The maximum Gasteiger partial charge on any atom is 0.325 e. The van der Waals surface area contributed by atoms with Gasteiger partial charge in [-0.25, -0.2) is 13.6 Å². The van der Waals surface area contributed by atoms with Gasteiger partial charge in [0.15, 0.2) is 4.80 Å². The van der Waals surface area contributed by atoms with Crippen LogP contribution in [0.2, 0.25) is 5.02 Å². The number of nitrogens with two attached hydrogens (primary N) is 1. The summed E-state index contributed by atoms with van der Waals surface area (Å²) in [6.45, 7) is -0.163. The zero-order valence-electron chi connectivity index (χ0n) is 17.0. The Labute approximate surface area is 198 Å². The number of benzene rings is 2. The van der Waals surface area contributed by atoms with E-state index in [0.29, 0.717) is 21.7 Å². The number of halogens is 1. The fourth-order valence-corrected chi connectivity index (χ4v) is 5.45. The van der Waals surface area contributed by atoms with Gasteiger partial charge in [-0.1, -0.05) is 22.9 Å². The predicted octanol–water partition coefficient (Wildman–Crippen LogP) is 3.18. The number of rotatable bonds is 8. The molecule has 0 saturated carbocycles. The topological polar surface area (TPSA) is 121 Å². The molecule has 0 fully saturated rings. The third-order valence-corrected chi connectivity index (χ3v) is 7.64. The van der Waals surface area contributed by atoms with Crippen LogP contribution < -0.4 is 9.94 Å². The van der Waals surface area contributed by atoms with Crippen LogP contribution in [-0.4, -0.2) is 37.7 Å². The van der Waals surface area contributed by atoms with Crippen LogP contribution in [0.3, 0.4) is 0 Å². The zero-order valence-corrected chi connectivity index (χ0v) is 20.2. The standard InChI is InChI=1S/C20H20ClN3O5S3/c1-29-19(26)12-24-16-9-8-15(32(22,27)28)11-17(16)31-20(24)23-18(25)3-2-10-30-14-6-4-13(21)5-7-14/h4-9,11H,2-3,10,12H2,1H3,(H2,22,27,28). The summed E-state index contributed by atoms with van der Waals surface area (Å²) in [6.07, 6.45) is 0.850. The molecule has 2 N–H and O–H groups in total. The van der Waals surface area contributed by atoms with Crippen molar-refractivity contribution in [3.05, 3.63) is 52.3 Å². The molecule has 0 aliphatic rings. The first kappa shape index (κ1) is 24.5. The first-order valence-electron chi connectivity index (χ1n) is 9.36. The van der Waals surface area contributed by atoms with Crippen LogP contribution in [-0.2, 0) is 30.9 Å². The van der Waals surface area contributed by atoms with Gasteiger partial charge in [0.05, 0.1) is 22.2 Å². The highest BCUT2D eigenvalue weighted by molar-refractivity contribution is 7.99. The van der Waals surface area contributed by atoms with Crippen molar-refractivity contribution < 1.29 is 22.7 Å². The van der Waals surface area contributed by atoms with Gasteiger partial charge < -0.3 is 9.30 Å². The maximum atomic E-state index is 12.4. The van der Waals surface area contributed by atoms with Crippen LogP contribution in [0.25, 0.3) is 10.2 Å². The first-order chi connectivity index (χ1) is 15.2. The number of ether oxygens (including phenoxy) is 1.